The maximum Gasteiger partial charge on any atom is 0.252 e. The van der Waals surface area contributed by atoms with Crippen molar-refractivity contribution < 1.29 is 4.79 Å². The van der Waals surface area contributed by atoms with E-state index in [4.69, 9.17) is 23.2 Å². The number of amides is 1. The third-order valence-corrected chi connectivity index (χ3v) is 4.03. The summed E-state index contributed by atoms with van der Waals surface area (Å²) in [6.45, 7) is 1.28. The van der Waals surface area contributed by atoms with Crippen LogP contribution >= 0.6 is 23.2 Å². The van der Waals surface area contributed by atoms with Gasteiger partial charge in [-0.2, -0.15) is 0 Å². The fraction of sp³-hybridized carbons (Fsp3) is 0.188. The summed E-state index contributed by atoms with van der Waals surface area (Å²) < 4.78 is 0. The molecule has 1 aliphatic rings. The lowest BCUT2D eigenvalue weighted by Crippen LogP contribution is -2.32. The van der Waals surface area contributed by atoms with Crippen molar-refractivity contribution in [1.82, 2.24) is 9.97 Å². The van der Waals surface area contributed by atoms with Gasteiger partial charge in [0.15, 0.2) is 0 Å². The number of halogens is 2. The van der Waals surface area contributed by atoms with Crippen molar-refractivity contribution >= 4 is 40.7 Å². The Bertz CT molecular complexity index is 746. The fourth-order valence-corrected chi connectivity index (χ4v) is 2.68. The standard InChI is InChI=1S/C16H14Cl2N4O/c17-12-3-4-14(20-10-12)21-16(23)11-5-8-22(9-6-11)15-13(18)2-1-7-19-15/h1-5,7,10H,6,8-9H2,(H,20,21,23). The zero-order valence-corrected chi connectivity index (χ0v) is 13.7. The molecule has 0 radical (unpaired) electrons. The summed E-state index contributed by atoms with van der Waals surface area (Å²) in [5, 5.41) is 3.91. The topological polar surface area (TPSA) is 58.1 Å². The molecule has 0 unspecified atom stereocenters. The molecule has 3 rings (SSSR count). The predicted octanol–water partition coefficient (Wildman–Crippen LogP) is 3.56. The Morgan fingerprint density at radius 1 is 1.22 bits per heavy atom. The molecule has 0 aliphatic carbocycles. The Hall–Kier alpha value is -2.11. The van der Waals surface area contributed by atoms with E-state index in [0.717, 1.165) is 11.4 Å². The van der Waals surface area contributed by atoms with E-state index in [1.807, 2.05) is 17.0 Å². The van der Waals surface area contributed by atoms with E-state index in [-0.39, 0.29) is 5.91 Å². The SMILES string of the molecule is O=C(Nc1ccc(Cl)cn1)C1=CCN(c2ncccc2Cl)CC1. The first-order valence-electron chi connectivity index (χ1n) is 7.11. The van der Waals surface area contributed by atoms with Gasteiger partial charge >= 0.3 is 0 Å². The van der Waals surface area contributed by atoms with Crippen molar-refractivity contribution in [1.29, 1.82) is 0 Å². The second kappa shape index (κ2) is 6.98. The van der Waals surface area contributed by atoms with Crippen molar-refractivity contribution in [3.05, 3.63) is 58.4 Å². The minimum atomic E-state index is -0.147. The first-order chi connectivity index (χ1) is 11.1. The number of hydrogen-bond acceptors (Lipinski definition) is 4. The maximum atomic E-state index is 12.2. The molecule has 5 nitrogen and oxygen atoms in total. The maximum absolute atomic E-state index is 12.2. The number of hydrogen-bond donors (Lipinski definition) is 1. The first-order valence-corrected chi connectivity index (χ1v) is 7.86. The molecule has 0 aromatic carbocycles. The Balaban J connectivity index is 1.65. The molecule has 7 heteroatoms. The van der Waals surface area contributed by atoms with Crippen LogP contribution in [0.4, 0.5) is 11.6 Å². The Morgan fingerprint density at radius 2 is 2.09 bits per heavy atom. The van der Waals surface area contributed by atoms with Crippen LogP contribution in [0, 0.1) is 0 Å². The van der Waals surface area contributed by atoms with Gasteiger partial charge in [-0.25, -0.2) is 9.97 Å². The van der Waals surface area contributed by atoms with Crippen LogP contribution in [0.15, 0.2) is 48.3 Å². The van der Waals surface area contributed by atoms with E-state index in [1.165, 1.54) is 6.20 Å². The van der Waals surface area contributed by atoms with Crippen LogP contribution in [-0.2, 0) is 4.79 Å². The Labute approximate surface area is 143 Å². The average Bonchev–Trinajstić information content (AvgIpc) is 2.57. The minimum Gasteiger partial charge on any atom is -0.351 e. The Kier molecular flexibility index (Phi) is 4.79. The zero-order valence-electron chi connectivity index (χ0n) is 12.2. The molecule has 23 heavy (non-hydrogen) atoms. The van der Waals surface area contributed by atoms with Crippen LogP contribution in [0.5, 0.6) is 0 Å². The van der Waals surface area contributed by atoms with Crippen molar-refractivity contribution in [3.8, 4) is 0 Å². The molecule has 0 bridgehead atoms. The highest BCUT2D eigenvalue weighted by Gasteiger charge is 2.19. The fourth-order valence-electron chi connectivity index (χ4n) is 2.32. The highest BCUT2D eigenvalue weighted by molar-refractivity contribution is 6.33. The summed E-state index contributed by atoms with van der Waals surface area (Å²) >= 11 is 11.9. The molecule has 0 saturated carbocycles. The lowest BCUT2D eigenvalue weighted by Gasteiger charge is -2.27. The molecule has 1 amide bonds. The number of nitrogens with zero attached hydrogens (tertiary/aromatic N) is 3. The van der Waals surface area contributed by atoms with Crippen LogP contribution in [0.3, 0.4) is 0 Å². The van der Waals surface area contributed by atoms with Gasteiger partial charge in [0.05, 0.1) is 10.0 Å². The number of pyridine rings is 2. The van der Waals surface area contributed by atoms with E-state index < -0.39 is 0 Å². The lowest BCUT2D eigenvalue weighted by atomic mass is 10.1. The number of rotatable bonds is 3. The molecule has 2 aromatic heterocycles. The van der Waals surface area contributed by atoms with Gasteiger partial charge in [0, 0.05) is 31.1 Å². The monoisotopic (exact) mass is 348 g/mol. The first kappa shape index (κ1) is 15.8. The molecule has 2 aromatic rings. The molecule has 0 saturated heterocycles. The van der Waals surface area contributed by atoms with E-state index >= 15 is 0 Å². The van der Waals surface area contributed by atoms with Gasteiger partial charge in [-0.1, -0.05) is 29.3 Å². The highest BCUT2D eigenvalue weighted by Crippen LogP contribution is 2.25. The number of carbonyl (C=O) groups excluding carboxylic acids is 1. The van der Waals surface area contributed by atoms with E-state index in [1.54, 1.807) is 24.4 Å². The number of nitrogens with one attached hydrogen (secondary N) is 1. The second-order valence-corrected chi connectivity index (χ2v) is 5.89. The van der Waals surface area contributed by atoms with Crippen LogP contribution in [0.1, 0.15) is 6.42 Å². The van der Waals surface area contributed by atoms with Crippen molar-refractivity contribution in [2.24, 2.45) is 0 Å². The molecule has 3 heterocycles. The van der Waals surface area contributed by atoms with E-state index in [9.17, 15) is 4.79 Å². The summed E-state index contributed by atoms with van der Waals surface area (Å²) in [5.41, 5.74) is 0.727. The molecule has 1 N–H and O–H groups in total. The van der Waals surface area contributed by atoms with Crippen LogP contribution in [-0.4, -0.2) is 29.0 Å². The minimum absolute atomic E-state index is 0.147. The van der Waals surface area contributed by atoms with Crippen LogP contribution in [0.2, 0.25) is 10.0 Å². The Morgan fingerprint density at radius 3 is 2.74 bits per heavy atom. The van der Waals surface area contributed by atoms with Gasteiger partial charge in [-0.3, -0.25) is 4.79 Å². The summed E-state index contributed by atoms with van der Waals surface area (Å²) in [6, 6.07) is 6.96. The number of anilines is 2. The largest absolute Gasteiger partial charge is 0.351 e. The molecule has 118 valence electrons. The third-order valence-electron chi connectivity index (χ3n) is 3.51. The predicted molar refractivity (Wildman–Crippen MR) is 92.0 cm³/mol. The summed E-state index contributed by atoms with van der Waals surface area (Å²) in [4.78, 5) is 22.6. The molecule has 1 aliphatic heterocycles. The van der Waals surface area contributed by atoms with Crippen molar-refractivity contribution in [3.63, 3.8) is 0 Å². The average molecular weight is 349 g/mol. The summed E-state index contributed by atoms with van der Waals surface area (Å²) in [5.74, 6) is 1.08. The zero-order chi connectivity index (χ0) is 16.2. The lowest BCUT2D eigenvalue weighted by molar-refractivity contribution is -0.113. The van der Waals surface area contributed by atoms with Crippen molar-refractivity contribution in [2.75, 3.05) is 23.3 Å². The van der Waals surface area contributed by atoms with E-state index in [0.29, 0.717) is 35.4 Å². The second-order valence-electron chi connectivity index (χ2n) is 5.05. The smallest absolute Gasteiger partial charge is 0.252 e. The molecular formula is C16H14Cl2N4O. The summed E-state index contributed by atoms with van der Waals surface area (Å²) in [7, 11) is 0. The van der Waals surface area contributed by atoms with Gasteiger partial charge < -0.3 is 10.2 Å². The number of carbonyl (C=O) groups is 1. The van der Waals surface area contributed by atoms with Crippen LogP contribution < -0.4 is 10.2 Å². The van der Waals surface area contributed by atoms with Gasteiger partial charge in [0.25, 0.3) is 5.91 Å². The molecular weight excluding hydrogens is 335 g/mol. The van der Waals surface area contributed by atoms with Crippen LogP contribution in [0.25, 0.3) is 0 Å². The third kappa shape index (κ3) is 3.81. The van der Waals surface area contributed by atoms with Gasteiger partial charge in [-0.05, 0) is 30.7 Å². The van der Waals surface area contributed by atoms with Gasteiger partial charge in [0.1, 0.15) is 11.6 Å². The normalized spacial score (nSPS) is 14.3. The molecule has 0 fully saturated rings. The molecule has 0 spiro atoms. The molecule has 0 atom stereocenters. The number of aromatic nitrogens is 2. The van der Waals surface area contributed by atoms with Crippen molar-refractivity contribution in [2.45, 2.75) is 6.42 Å². The van der Waals surface area contributed by atoms with E-state index in [2.05, 4.69) is 15.3 Å². The highest BCUT2D eigenvalue weighted by atomic mass is 35.5. The quantitative estimate of drug-likeness (QED) is 0.921. The van der Waals surface area contributed by atoms with Gasteiger partial charge in [0.2, 0.25) is 0 Å². The summed E-state index contributed by atoms with van der Waals surface area (Å²) in [6.07, 6.45) is 5.71. The van der Waals surface area contributed by atoms with Gasteiger partial charge in [-0.15, -0.1) is 0 Å².